The second-order valence-electron chi connectivity index (χ2n) is 5.62. The molecule has 0 saturated heterocycles. The van der Waals surface area contributed by atoms with E-state index in [0.717, 1.165) is 11.1 Å². The topological polar surface area (TPSA) is 64.3 Å². The molecule has 96 valence electrons. The second kappa shape index (κ2) is 3.08. The molecule has 3 saturated carbocycles. The third-order valence-electron chi connectivity index (χ3n) is 4.87. The van der Waals surface area contributed by atoms with Crippen molar-refractivity contribution in [1.82, 2.24) is 9.78 Å². The third kappa shape index (κ3) is 1.22. The molecule has 2 spiro atoms. The average Bonchev–Trinajstić information content (AvgIpc) is 3.28. The monoisotopic (exact) mass is 249 g/mol. The molecule has 5 heteroatoms. The summed E-state index contributed by atoms with van der Waals surface area (Å²) < 4.78 is 14.9. The van der Waals surface area contributed by atoms with Gasteiger partial charge in [-0.3, -0.25) is 0 Å². The van der Waals surface area contributed by atoms with Gasteiger partial charge in [-0.1, -0.05) is 0 Å². The molecule has 3 fully saturated rings. The lowest BCUT2D eigenvalue weighted by Gasteiger charge is -2.01. The first-order chi connectivity index (χ1) is 9.05. The lowest BCUT2D eigenvalue weighted by molar-refractivity contribution is 0.191. The van der Waals surface area contributed by atoms with Crippen LogP contribution in [0.5, 0.6) is 5.88 Å². The minimum Gasteiger partial charge on any atom is -0.477 e. The lowest BCUT2D eigenvalue weighted by atomic mass is 10.2. The number of nitrogens with zero attached hydrogens (tertiary/aromatic N) is 2. The van der Waals surface area contributed by atoms with Crippen molar-refractivity contribution in [1.29, 1.82) is 0 Å². The number of aromatic nitrogens is 2. The van der Waals surface area contributed by atoms with Crippen molar-refractivity contribution in [2.45, 2.75) is 32.1 Å². The normalized spacial score (nSPS) is 27.9. The van der Waals surface area contributed by atoms with Gasteiger partial charge in [0.05, 0.1) is 6.61 Å². The molecule has 0 amide bonds. The average molecular weight is 249 g/mol. The number of hydrogen-bond acceptors (Lipinski definition) is 3. The van der Waals surface area contributed by atoms with Gasteiger partial charge in [0.25, 0.3) is 0 Å². The van der Waals surface area contributed by atoms with E-state index in [1.165, 1.54) is 37.9 Å². The number of fused-ring (bicyclic) bond motifs is 1. The van der Waals surface area contributed by atoms with E-state index in [2.05, 4.69) is 5.10 Å². The second-order valence-corrected chi connectivity index (χ2v) is 5.62. The third-order valence-corrected chi connectivity index (χ3v) is 4.87. The van der Waals surface area contributed by atoms with Gasteiger partial charge in [0, 0.05) is 13.6 Å². The summed E-state index contributed by atoms with van der Waals surface area (Å²) in [6.45, 7) is 0.448. The first kappa shape index (κ1) is 9.42. The molecule has 0 aromatic carbocycles. The van der Waals surface area contributed by atoms with Crippen LogP contribution in [0.25, 0.3) is 0 Å². The van der Waals surface area contributed by atoms with Crippen molar-refractivity contribution in [3.63, 3.8) is 0 Å². The summed E-state index contributed by atoms with van der Waals surface area (Å²) in [7, 11) is 0. The Bertz CT molecular complexity index is 542. The van der Waals surface area contributed by atoms with Crippen LogP contribution in [0.15, 0.2) is 12.3 Å². The Morgan fingerprint density at radius 1 is 1.56 bits per heavy atom. The van der Waals surface area contributed by atoms with E-state index in [-0.39, 0.29) is 5.89 Å². The van der Waals surface area contributed by atoms with Crippen LogP contribution < -0.4 is 4.74 Å². The zero-order valence-electron chi connectivity index (χ0n) is 11.1. The van der Waals surface area contributed by atoms with Gasteiger partial charge >= 0.3 is 6.09 Å². The maximum atomic E-state index is 10.7. The molecule has 18 heavy (non-hydrogen) atoms. The molecule has 0 bridgehead atoms. The largest absolute Gasteiger partial charge is 0.477 e. The van der Waals surface area contributed by atoms with E-state index >= 15 is 0 Å². The van der Waals surface area contributed by atoms with Gasteiger partial charge in [0.2, 0.25) is 5.88 Å². The fourth-order valence-electron chi connectivity index (χ4n) is 3.76. The predicted molar refractivity (Wildman–Crippen MR) is 62.6 cm³/mol. The van der Waals surface area contributed by atoms with Crippen LogP contribution in [0.4, 0.5) is 4.79 Å². The molecule has 1 aromatic heterocycles. The smallest absolute Gasteiger partial charge is 0.432 e. The van der Waals surface area contributed by atoms with E-state index < -0.39 is 6.09 Å². The van der Waals surface area contributed by atoms with E-state index in [4.69, 9.17) is 11.2 Å². The molecule has 0 radical (unpaired) electrons. The van der Waals surface area contributed by atoms with E-state index in [0.29, 0.717) is 23.3 Å². The summed E-state index contributed by atoms with van der Waals surface area (Å²) in [6.07, 6.45) is 5.81. The van der Waals surface area contributed by atoms with Crippen LogP contribution in [0.2, 0.25) is 0 Å². The fraction of sp³-hybridized carbons (Fsp3) is 0.692. The first-order valence-electron chi connectivity index (χ1n) is 6.97. The van der Waals surface area contributed by atoms with Gasteiger partial charge in [-0.15, -0.1) is 5.10 Å². The molecule has 3 aliphatic rings. The fourth-order valence-corrected chi connectivity index (χ4v) is 3.76. The van der Waals surface area contributed by atoms with Gasteiger partial charge in [-0.25, -0.2) is 4.79 Å². The molecule has 3 aliphatic carbocycles. The van der Waals surface area contributed by atoms with Gasteiger partial charge < -0.3 is 9.84 Å². The maximum absolute atomic E-state index is 10.7. The van der Waals surface area contributed by atoms with Crippen molar-refractivity contribution >= 4 is 6.09 Å². The Labute approximate surface area is 106 Å². The van der Waals surface area contributed by atoms with Crippen molar-refractivity contribution in [2.75, 3.05) is 6.61 Å². The highest BCUT2D eigenvalue weighted by Gasteiger charge is 2.85. The molecule has 4 rings (SSSR count). The molecular formula is C13H16N2O3. The summed E-state index contributed by atoms with van der Waals surface area (Å²) in [5, 5.41) is 12.5. The maximum Gasteiger partial charge on any atom is 0.432 e. The zero-order chi connectivity index (χ0) is 13.3. The summed E-state index contributed by atoms with van der Waals surface area (Å²) >= 11 is 0. The van der Waals surface area contributed by atoms with Gasteiger partial charge in [-0.05, 0) is 48.8 Å². The van der Waals surface area contributed by atoms with Crippen molar-refractivity contribution in [2.24, 2.45) is 16.7 Å². The Morgan fingerprint density at radius 3 is 2.72 bits per heavy atom. The molecule has 0 aliphatic heterocycles. The predicted octanol–water partition coefficient (Wildman–Crippen LogP) is 2.37. The minimum absolute atomic E-state index is 0.282. The van der Waals surface area contributed by atoms with Crippen LogP contribution in [-0.2, 0) is 0 Å². The van der Waals surface area contributed by atoms with Gasteiger partial charge in [0.15, 0.2) is 0 Å². The van der Waals surface area contributed by atoms with Crippen LogP contribution >= 0.6 is 0 Å². The van der Waals surface area contributed by atoms with Crippen LogP contribution in [0.3, 0.4) is 0 Å². The van der Waals surface area contributed by atoms with Crippen LogP contribution in [0.1, 0.15) is 33.5 Å². The molecule has 5 nitrogen and oxygen atoms in total. The van der Waals surface area contributed by atoms with Crippen molar-refractivity contribution in [3.8, 4) is 5.88 Å². The first-order valence-corrected chi connectivity index (χ1v) is 6.47. The van der Waals surface area contributed by atoms with Crippen LogP contribution in [-0.4, -0.2) is 27.6 Å². The summed E-state index contributed by atoms with van der Waals surface area (Å²) in [6, 6.07) is 1.54. The van der Waals surface area contributed by atoms with Crippen LogP contribution in [0, 0.1) is 16.7 Å². The van der Waals surface area contributed by atoms with Crippen molar-refractivity contribution in [3.05, 3.63) is 12.3 Å². The molecule has 1 heterocycles. The Hall–Kier alpha value is -1.52. The van der Waals surface area contributed by atoms with E-state index in [1.807, 2.05) is 0 Å². The Balaban J connectivity index is 1.35. The highest BCUT2D eigenvalue weighted by molar-refractivity contribution is 5.66. The summed E-state index contributed by atoms with van der Waals surface area (Å²) in [5.41, 5.74) is 0.646. The number of carbonyl (C=O) groups is 1. The standard InChI is InChI=1S/C13H16N2O3/c16-11(17)15-7-1-10(14-15)18-8-2-9-12(3-4-12)13(9)5-6-13/h1,7,9H,2-6,8H2,(H,16,17)/i9D. The molecular weight excluding hydrogens is 232 g/mol. The summed E-state index contributed by atoms with van der Waals surface area (Å²) in [5.74, 6) is 0.0383. The molecule has 0 unspecified atom stereocenters. The van der Waals surface area contributed by atoms with Crippen molar-refractivity contribution < 1.29 is 16.0 Å². The summed E-state index contributed by atoms with van der Waals surface area (Å²) in [4.78, 5) is 10.7. The lowest BCUT2D eigenvalue weighted by Crippen LogP contribution is -2.08. The van der Waals surface area contributed by atoms with Gasteiger partial charge in [0.1, 0.15) is 0 Å². The number of rotatable bonds is 4. The zero-order valence-corrected chi connectivity index (χ0v) is 10.1. The highest BCUT2D eigenvalue weighted by Crippen LogP contribution is 2.93. The van der Waals surface area contributed by atoms with Gasteiger partial charge in [-0.2, -0.15) is 4.68 Å². The quantitative estimate of drug-likeness (QED) is 0.889. The Kier molecular flexibility index (Phi) is 1.61. The number of ether oxygens (including phenoxy) is 1. The number of hydrogen-bond donors (Lipinski definition) is 1. The molecule has 1 aromatic rings. The highest BCUT2D eigenvalue weighted by atomic mass is 16.5. The molecule has 1 N–H and O–H groups in total. The Morgan fingerprint density at radius 2 is 2.22 bits per heavy atom. The van der Waals surface area contributed by atoms with E-state index in [1.54, 1.807) is 0 Å². The minimum atomic E-state index is -1.12. The molecule has 0 atom stereocenters. The van der Waals surface area contributed by atoms with E-state index in [9.17, 15) is 4.79 Å². The number of carboxylic acid groups (broad SMARTS) is 1. The SMILES string of the molecule is [2H]C1(CCOc2ccn(C(=O)O)n2)C2(CC2)C12CC2.